The Morgan fingerprint density at radius 3 is 2.70 bits per heavy atom. The highest BCUT2D eigenvalue weighted by Gasteiger charge is 2.05. The minimum absolute atomic E-state index is 0.0438. The number of amides is 1. The number of oxazole rings is 1. The number of hydrogen-bond acceptors (Lipinski definition) is 4. The molecule has 2 N–H and O–H groups in total. The van der Waals surface area contributed by atoms with Gasteiger partial charge in [-0.3, -0.25) is 4.79 Å². The Balaban J connectivity index is 1.89. The molecule has 0 bridgehead atoms. The number of aromatic nitrogens is 1. The zero-order valence-electron chi connectivity index (χ0n) is 11.7. The molecule has 106 valence electrons. The van der Waals surface area contributed by atoms with E-state index in [0.29, 0.717) is 18.3 Å². The van der Waals surface area contributed by atoms with Gasteiger partial charge in [-0.05, 0) is 37.6 Å². The smallest absolute Gasteiger partial charge is 0.238 e. The Hall–Kier alpha value is -2.14. The first kappa shape index (κ1) is 14.3. The van der Waals surface area contributed by atoms with Crippen molar-refractivity contribution >= 4 is 11.6 Å². The van der Waals surface area contributed by atoms with Gasteiger partial charge in [-0.2, -0.15) is 0 Å². The first-order valence-corrected chi connectivity index (χ1v) is 6.71. The van der Waals surface area contributed by atoms with Crippen LogP contribution in [0.3, 0.4) is 0 Å². The lowest BCUT2D eigenvalue weighted by Crippen LogP contribution is -2.33. The van der Waals surface area contributed by atoms with Crippen LogP contribution in [0.5, 0.6) is 0 Å². The third kappa shape index (κ3) is 3.93. The van der Waals surface area contributed by atoms with Gasteiger partial charge in [0.25, 0.3) is 0 Å². The topological polar surface area (TPSA) is 67.2 Å². The fourth-order valence-corrected chi connectivity index (χ4v) is 1.69. The van der Waals surface area contributed by atoms with Crippen LogP contribution in [-0.2, 0) is 4.79 Å². The van der Waals surface area contributed by atoms with Gasteiger partial charge in [-0.25, -0.2) is 4.98 Å². The lowest BCUT2D eigenvalue weighted by atomic mass is 10.1. The van der Waals surface area contributed by atoms with Crippen molar-refractivity contribution in [3.05, 3.63) is 36.9 Å². The monoisotopic (exact) mass is 273 g/mol. The van der Waals surface area contributed by atoms with Crippen LogP contribution in [0.1, 0.15) is 20.3 Å². The first-order chi connectivity index (χ1) is 9.69. The quantitative estimate of drug-likeness (QED) is 0.849. The molecule has 1 unspecified atom stereocenters. The number of anilines is 1. The summed E-state index contributed by atoms with van der Waals surface area (Å²) in [6.07, 6.45) is 4.05. The van der Waals surface area contributed by atoms with E-state index >= 15 is 0 Å². The third-order valence-corrected chi connectivity index (χ3v) is 3.11. The molecule has 0 saturated carbocycles. The van der Waals surface area contributed by atoms with Gasteiger partial charge in [-0.1, -0.05) is 6.92 Å². The molecule has 1 aromatic carbocycles. The van der Waals surface area contributed by atoms with Gasteiger partial charge >= 0.3 is 0 Å². The van der Waals surface area contributed by atoms with E-state index in [4.69, 9.17) is 4.42 Å². The second kappa shape index (κ2) is 6.86. The van der Waals surface area contributed by atoms with Gasteiger partial charge in [0, 0.05) is 17.3 Å². The van der Waals surface area contributed by atoms with Crippen molar-refractivity contribution in [3.8, 4) is 11.3 Å². The maximum absolute atomic E-state index is 11.7. The van der Waals surface area contributed by atoms with Crippen molar-refractivity contribution in [1.29, 1.82) is 0 Å². The van der Waals surface area contributed by atoms with Gasteiger partial charge in [0.05, 0.1) is 12.7 Å². The molecular weight excluding hydrogens is 254 g/mol. The van der Waals surface area contributed by atoms with Crippen LogP contribution in [0.2, 0.25) is 0 Å². The number of nitrogens with zero attached hydrogens (tertiary/aromatic N) is 1. The maximum atomic E-state index is 11.7. The summed E-state index contributed by atoms with van der Waals surface area (Å²) >= 11 is 0. The van der Waals surface area contributed by atoms with Crippen molar-refractivity contribution in [3.63, 3.8) is 0 Å². The summed E-state index contributed by atoms with van der Waals surface area (Å²) in [7, 11) is 0. The zero-order chi connectivity index (χ0) is 14.4. The molecule has 0 spiro atoms. The molecule has 2 rings (SSSR count). The highest BCUT2D eigenvalue weighted by Crippen LogP contribution is 2.20. The molecule has 0 aliphatic heterocycles. The fraction of sp³-hybridized carbons (Fsp3) is 0.333. The number of rotatable bonds is 6. The minimum Gasteiger partial charge on any atom is -0.444 e. The zero-order valence-corrected chi connectivity index (χ0v) is 11.7. The van der Waals surface area contributed by atoms with E-state index in [0.717, 1.165) is 17.7 Å². The number of nitrogens with one attached hydrogen (secondary N) is 2. The summed E-state index contributed by atoms with van der Waals surface area (Å²) in [6.45, 7) is 4.45. The number of hydrogen-bond donors (Lipinski definition) is 2. The summed E-state index contributed by atoms with van der Waals surface area (Å²) < 4.78 is 5.21. The van der Waals surface area contributed by atoms with E-state index in [9.17, 15) is 4.79 Å². The largest absolute Gasteiger partial charge is 0.444 e. The van der Waals surface area contributed by atoms with Gasteiger partial charge in [0.2, 0.25) is 5.91 Å². The second-order valence-electron chi connectivity index (χ2n) is 4.68. The molecule has 1 heterocycles. The minimum atomic E-state index is -0.0438. The van der Waals surface area contributed by atoms with Crippen LogP contribution < -0.4 is 10.6 Å². The van der Waals surface area contributed by atoms with Gasteiger partial charge in [-0.15, -0.1) is 0 Å². The second-order valence-corrected chi connectivity index (χ2v) is 4.68. The standard InChI is InChI=1S/C15H19N3O2/c1-3-11(2)17-9-15(19)18-13-6-4-12(5-7-13)14-8-16-10-20-14/h4-8,10-11,17H,3,9H2,1-2H3,(H,18,19). The average molecular weight is 273 g/mol. The number of carbonyl (C=O) groups excluding carboxylic acids is 1. The molecular formula is C15H19N3O2. The number of carbonyl (C=O) groups is 1. The summed E-state index contributed by atoms with van der Waals surface area (Å²) in [5, 5.41) is 6.00. The molecule has 2 aromatic rings. The molecule has 1 atom stereocenters. The van der Waals surface area contributed by atoms with Crippen LogP contribution in [0.25, 0.3) is 11.3 Å². The molecule has 0 aliphatic rings. The van der Waals surface area contributed by atoms with Gasteiger partial charge < -0.3 is 15.1 Å². The Kier molecular flexibility index (Phi) is 4.90. The van der Waals surface area contributed by atoms with Crippen LogP contribution in [-0.4, -0.2) is 23.5 Å². The summed E-state index contributed by atoms with van der Waals surface area (Å²) in [5.74, 6) is 0.666. The van der Waals surface area contributed by atoms with Crippen LogP contribution in [0, 0.1) is 0 Å². The van der Waals surface area contributed by atoms with Crippen LogP contribution >= 0.6 is 0 Å². The van der Waals surface area contributed by atoms with E-state index in [2.05, 4.69) is 29.5 Å². The lowest BCUT2D eigenvalue weighted by molar-refractivity contribution is -0.115. The molecule has 0 radical (unpaired) electrons. The Morgan fingerprint density at radius 2 is 2.10 bits per heavy atom. The summed E-state index contributed by atoms with van der Waals surface area (Å²) in [5.41, 5.74) is 1.70. The molecule has 0 aliphatic carbocycles. The highest BCUT2D eigenvalue weighted by atomic mass is 16.3. The van der Waals surface area contributed by atoms with Crippen molar-refractivity contribution in [2.45, 2.75) is 26.3 Å². The van der Waals surface area contributed by atoms with E-state index in [-0.39, 0.29) is 5.91 Å². The van der Waals surface area contributed by atoms with Crippen molar-refractivity contribution < 1.29 is 9.21 Å². The predicted octanol–water partition coefficient (Wildman–Crippen LogP) is 2.67. The SMILES string of the molecule is CCC(C)NCC(=O)Nc1ccc(-c2cnco2)cc1. The predicted molar refractivity (Wildman–Crippen MR) is 78.3 cm³/mol. The molecule has 0 fully saturated rings. The van der Waals surface area contributed by atoms with Crippen molar-refractivity contribution in [1.82, 2.24) is 10.3 Å². The molecule has 0 saturated heterocycles. The number of benzene rings is 1. The summed E-state index contributed by atoms with van der Waals surface area (Å²) in [4.78, 5) is 15.6. The first-order valence-electron chi connectivity index (χ1n) is 6.71. The Morgan fingerprint density at radius 1 is 1.35 bits per heavy atom. The highest BCUT2D eigenvalue weighted by molar-refractivity contribution is 5.92. The van der Waals surface area contributed by atoms with E-state index in [1.54, 1.807) is 6.20 Å². The Labute approximate surface area is 118 Å². The Bertz CT molecular complexity index is 535. The van der Waals surface area contributed by atoms with Crippen LogP contribution in [0.4, 0.5) is 5.69 Å². The lowest BCUT2D eigenvalue weighted by Gasteiger charge is -2.11. The van der Waals surface area contributed by atoms with E-state index < -0.39 is 0 Å². The maximum Gasteiger partial charge on any atom is 0.238 e. The average Bonchev–Trinajstić information content (AvgIpc) is 2.99. The van der Waals surface area contributed by atoms with Crippen molar-refractivity contribution in [2.75, 3.05) is 11.9 Å². The molecule has 5 heteroatoms. The molecule has 5 nitrogen and oxygen atoms in total. The fourth-order valence-electron chi connectivity index (χ4n) is 1.69. The van der Waals surface area contributed by atoms with Crippen molar-refractivity contribution in [2.24, 2.45) is 0 Å². The normalized spacial score (nSPS) is 12.1. The van der Waals surface area contributed by atoms with Gasteiger partial charge in [0.1, 0.15) is 0 Å². The van der Waals surface area contributed by atoms with Crippen LogP contribution in [0.15, 0.2) is 41.3 Å². The third-order valence-electron chi connectivity index (χ3n) is 3.11. The van der Waals surface area contributed by atoms with E-state index in [1.807, 2.05) is 24.3 Å². The van der Waals surface area contributed by atoms with Gasteiger partial charge in [0.15, 0.2) is 12.2 Å². The molecule has 1 aromatic heterocycles. The molecule has 1 amide bonds. The molecule has 20 heavy (non-hydrogen) atoms. The summed E-state index contributed by atoms with van der Waals surface area (Å²) in [6, 6.07) is 7.81. The van der Waals surface area contributed by atoms with E-state index in [1.165, 1.54) is 6.39 Å².